The molecule has 5 nitrogen and oxygen atoms in total. The van der Waals surface area contributed by atoms with Crippen molar-refractivity contribution in [3.63, 3.8) is 0 Å². The molecule has 0 fully saturated rings. The average molecular weight is 421 g/mol. The van der Waals surface area contributed by atoms with Crippen LogP contribution >= 0.6 is 51.3 Å². The Morgan fingerprint density at radius 3 is 2.14 bits per heavy atom. The van der Waals surface area contributed by atoms with Gasteiger partial charge in [-0.2, -0.15) is 0 Å². The van der Waals surface area contributed by atoms with E-state index in [0.29, 0.717) is 16.4 Å². The number of anilines is 2. The van der Waals surface area contributed by atoms with Crippen molar-refractivity contribution in [2.75, 3.05) is 10.6 Å². The van der Waals surface area contributed by atoms with Crippen molar-refractivity contribution in [2.45, 2.75) is 0 Å². The lowest BCUT2D eigenvalue weighted by Gasteiger charge is -2.12. The van der Waals surface area contributed by atoms with Crippen LogP contribution in [0.1, 0.15) is 0 Å². The van der Waals surface area contributed by atoms with Crippen LogP contribution in [0.3, 0.4) is 0 Å². The maximum atomic E-state index is 10.7. The number of hydrogen-bond acceptors (Lipinski definition) is 3. The van der Waals surface area contributed by atoms with Gasteiger partial charge in [0, 0.05) is 16.6 Å². The Morgan fingerprint density at radius 1 is 1.09 bits per heavy atom. The van der Waals surface area contributed by atoms with Crippen LogP contribution in [-0.2, 0) is 0 Å². The highest BCUT2D eigenvalue weighted by atomic mass is 79.9. The SMILES string of the molecule is O=[N+]([O-])c1ccc(NC(=S)Nc2ccc(Br)cc2Cl)c(Cl)c1. The van der Waals surface area contributed by atoms with Crippen molar-refractivity contribution in [1.82, 2.24) is 0 Å². The molecule has 0 aliphatic rings. The summed E-state index contributed by atoms with van der Waals surface area (Å²) in [5.41, 5.74) is 0.990. The third-order valence-corrected chi connectivity index (χ3v) is 3.91. The van der Waals surface area contributed by atoms with Crippen LogP contribution in [0.2, 0.25) is 10.0 Å². The molecular formula is C13H8BrCl2N3O2S. The number of nitrogens with zero attached hydrogens (tertiary/aromatic N) is 1. The molecule has 0 aromatic heterocycles. The Bertz CT molecular complexity index is 758. The molecule has 0 spiro atoms. The number of hydrogen-bond donors (Lipinski definition) is 2. The van der Waals surface area contributed by atoms with Gasteiger partial charge in [-0.3, -0.25) is 10.1 Å². The standard InChI is InChI=1S/C13H8BrCl2N3O2S/c14-7-1-3-11(9(15)5-7)17-13(22)18-12-4-2-8(19(20)21)6-10(12)16/h1-6H,(H2,17,18,22). The van der Waals surface area contributed by atoms with E-state index in [-0.39, 0.29) is 15.8 Å². The minimum atomic E-state index is -0.520. The van der Waals surface area contributed by atoms with Gasteiger partial charge >= 0.3 is 0 Å². The van der Waals surface area contributed by atoms with Gasteiger partial charge in [0.05, 0.1) is 26.3 Å². The van der Waals surface area contributed by atoms with Crippen LogP contribution in [0.15, 0.2) is 40.9 Å². The summed E-state index contributed by atoms with van der Waals surface area (Å²) in [6.45, 7) is 0. The van der Waals surface area contributed by atoms with Crippen LogP contribution in [0.4, 0.5) is 17.1 Å². The number of benzene rings is 2. The lowest BCUT2D eigenvalue weighted by molar-refractivity contribution is -0.384. The van der Waals surface area contributed by atoms with Crippen LogP contribution in [0.25, 0.3) is 0 Å². The molecule has 0 saturated carbocycles. The minimum Gasteiger partial charge on any atom is -0.331 e. The molecule has 22 heavy (non-hydrogen) atoms. The predicted molar refractivity (Wildman–Crippen MR) is 97.1 cm³/mol. The van der Waals surface area contributed by atoms with Crippen LogP contribution in [0, 0.1) is 10.1 Å². The van der Waals surface area contributed by atoms with Gasteiger partial charge in [-0.05, 0) is 36.5 Å². The van der Waals surface area contributed by atoms with E-state index in [1.165, 1.54) is 18.2 Å². The van der Waals surface area contributed by atoms with Gasteiger partial charge in [-0.1, -0.05) is 39.1 Å². The van der Waals surface area contributed by atoms with E-state index in [1.54, 1.807) is 12.1 Å². The van der Waals surface area contributed by atoms with E-state index in [1.807, 2.05) is 6.07 Å². The fourth-order valence-corrected chi connectivity index (χ4v) is 2.75. The van der Waals surface area contributed by atoms with Crippen molar-refractivity contribution in [2.24, 2.45) is 0 Å². The summed E-state index contributed by atoms with van der Waals surface area (Å²) in [5.74, 6) is 0. The third kappa shape index (κ3) is 4.30. The number of nitro groups is 1. The second kappa shape index (κ2) is 7.23. The normalized spacial score (nSPS) is 10.1. The zero-order chi connectivity index (χ0) is 16.3. The summed E-state index contributed by atoms with van der Waals surface area (Å²) in [6, 6.07) is 9.37. The molecule has 0 aliphatic carbocycles. The monoisotopic (exact) mass is 419 g/mol. The third-order valence-electron chi connectivity index (χ3n) is 2.59. The summed E-state index contributed by atoms with van der Waals surface area (Å²) < 4.78 is 0.848. The molecule has 2 aromatic rings. The highest BCUT2D eigenvalue weighted by Crippen LogP contribution is 2.28. The first kappa shape index (κ1) is 17.0. The van der Waals surface area contributed by atoms with Gasteiger partial charge in [-0.15, -0.1) is 0 Å². The number of nitro benzene ring substituents is 1. The maximum absolute atomic E-state index is 10.7. The second-order valence-electron chi connectivity index (χ2n) is 4.12. The fourth-order valence-electron chi connectivity index (χ4n) is 1.59. The van der Waals surface area contributed by atoms with E-state index in [4.69, 9.17) is 35.4 Å². The van der Waals surface area contributed by atoms with Crippen molar-refractivity contribution >= 4 is 73.5 Å². The first-order chi connectivity index (χ1) is 10.4. The molecule has 114 valence electrons. The molecule has 2 rings (SSSR count). The summed E-state index contributed by atoms with van der Waals surface area (Å²) >= 11 is 20.5. The van der Waals surface area contributed by atoms with Crippen molar-refractivity contribution < 1.29 is 4.92 Å². The van der Waals surface area contributed by atoms with Crippen LogP contribution < -0.4 is 10.6 Å². The number of rotatable bonds is 3. The lowest BCUT2D eigenvalue weighted by Crippen LogP contribution is -2.19. The van der Waals surface area contributed by atoms with Crippen LogP contribution in [0.5, 0.6) is 0 Å². The first-order valence-electron chi connectivity index (χ1n) is 5.84. The van der Waals surface area contributed by atoms with Gasteiger partial charge in [0.15, 0.2) is 5.11 Å². The zero-order valence-electron chi connectivity index (χ0n) is 10.8. The molecule has 9 heteroatoms. The van der Waals surface area contributed by atoms with Crippen molar-refractivity contribution in [3.05, 3.63) is 61.0 Å². The molecule has 0 heterocycles. The topological polar surface area (TPSA) is 67.2 Å². The Labute approximate surface area is 149 Å². The van der Waals surface area contributed by atoms with Gasteiger partial charge in [-0.25, -0.2) is 0 Å². The van der Waals surface area contributed by atoms with E-state index in [9.17, 15) is 10.1 Å². The molecule has 0 bridgehead atoms. The molecule has 0 atom stereocenters. The highest BCUT2D eigenvalue weighted by Gasteiger charge is 2.11. The Balaban J connectivity index is 2.10. The summed E-state index contributed by atoms with van der Waals surface area (Å²) in [4.78, 5) is 10.1. The van der Waals surface area contributed by atoms with E-state index in [0.717, 1.165) is 4.47 Å². The summed E-state index contributed by atoms with van der Waals surface area (Å²) in [7, 11) is 0. The zero-order valence-corrected chi connectivity index (χ0v) is 14.7. The van der Waals surface area contributed by atoms with Gasteiger partial charge in [0.1, 0.15) is 0 Å². The summed E-state index contributed by atoms with van der Waals surface area (Å²) in [6.07, 6.45) is 0. The predicted octanol–water partition coefficient (Wildman–Crippen LogP) is 5.47. The largest absolute Gasteiger partial charge is 0.331 e. The molecule has 0 saturated heterocycles. The van der Waals surface area contributed by atoms with Gasteiger partial charge in [0.25, 0.3) is 5.69 Å². The van der Waals surface area contributed by atoms with Crippen molar-refractivity contribution in [1.29, 1.82) is 0 Å². The molecule has 0 unspecified atom stereocenters. The first-order valence-corrected chi connectivity index (χ1v) is 7.79. The molecule has 2 N–H and O–H groups in total. The molecule has 2 aromatic carbocycles. The average Bonchev–Trinajstić information content (AvgIpc) is 2.44. The molecular weight excluding hydrogens is 413 g/mol. The van der Waals surface area contributed by atoms with E-state index < -0.39 is 4.92 Å². The summed E-state index contributed by atoms with van der Waals surface area (Å²) in [5, 5.41) is 17.4. The van der Waals surface area contributed by atoms with Crippen molar-refractivity contribution in [3.8, 4) is 0 Å². The fraction of sp³-hybridized carbons (Fsp3) is 0. The number of thiocarbonyl (C=S) groups is 1. The molecule has 0 aliphatic heterocycles. The number of non-ortho nitro benzene ring substituents is 1. The Hall–Kier alpha value is -1.41. The minimum absolute atomic E-state index is 0.0922. The number of nitrogens with one attached hydrogen (secondary N) is 2. The Morgan fingerprint density at radius 2 is 1.64 bits per heavy atom. The maximum Gasteiger partial charge on any atom is 0.271 e. The quantitative estimate of drug-likeness (QED) is 0.391. The van der Waals surface area contributed by atoms with E-state index >= 15 is 0 Å². The molecule has 0 amide bonds. The second-order valence-corrected chi connectivity index (χ2v) is 6.26. The lowest BCUT2D eigenvalue weighted by atomic mass is 10.3. The highest BCUT2D eigenvalue weighted by molar-refractivity contribution is 9.10. The molecule has 0 radical (unpaired) electrons. The number of halogens is 3. The van der Waals surface area contributed by atoms with Gasteiger partial charge in [0.2, 0.25) is 0 Å². The van der Waals surface area contributed by atoms with E-state index in [2.05, 4.69) is 26.6 Å². The van der Waals surface area contributed by atoms with Gasteiger partial charge < -0.3 is 10.6 Å². The smallest absolute Gasteiger partial charge is 0.271 e. The Kier molecular flexibility index (Phi) is 5.57. The van der Waals surface area contributed by atoms with Crippen LogP contribution in [-0.4, -0.2) is 10.0 Å².